The van der Waals surface area contributed by atoms with Crippen LogP contribution in [0.4, 0.5) is 0 Å². The van der Waals surface area contributed by atoms with E-state index >= 15 is 0 Å². The second kappa shape index (κ2) is 4.78. The minimum Gasteiger partial charge on any atom is -0.386 e. The maximum atomic E-state index is 12.2. The van der Waals surface area contributed by atoms with E-state index in [1.165, 1.54) is 0 Å². The van der Waals surface area contributed by atoms with Crippen molar-refractivity contribution in [2.75, 3.05) is 0 Å². The van der Waals surface area contributed by atoms with Crippen molar-refractivity contribution in [1.29, 1.82) is 0 Å². The first kappa shape index (κ1) is 12.4. The second-order valence-corrected chi connectivity index (χ2v) is 4.56. The smallest absolute Gasteiger partial charge is 0.346 e. The lowest BCUT2D eigenvalue weighted by atomic mass is 10.0. The molecule has 0 aliphatic rings. The molecule has 0 radical (unpaired) electrons. The fourth-order valence-corrected chi connectivity index (χ4v) is 2.48. The Balaban J connectivity index is 2.69. The highest BCUT2D eigenvalue weighted by Gasteiger charge is 2.10. The quantitative estimate of drug-likeness (QED) is 0.668. The van der Waals surface area contributed by atoms with E-state index in [4.69, 9.17) is 4.42 Å². The molecule has 1 aromatic heterocycles. The molecule has 0 saturated heterocycles. The maximum Gasteiger partial charge on any atom is 0.346 e. The summed E-state index contributed by atoms with van der Waals surface area (Å²) >= 11 is 0. The third-order valence-electron chi connectivity index (χ3n) is 3.34. The van der Waals surface area contributed by atoms with E-state index in [1.807, 2.05) is 30.3 Å². The molecule has 0 spiro atoms. The first-order chi connectivity index (χ1) is 9.72. The van der Waals surface area contributed by atoms with Crippen LogP contribution >= 0.6 is 0 Å². The standard InChI is InChI=1S/C17H12O3/c1-2-6-11-7-5-10-13-12-8-3-4-9-14(12)16(18)20-17(19)15(11)13/h2-5,7-10H,1,6H2. The molecular formula is C17H12O3. The molecule has 0 aliphatic heterocycles. The molecular weight excluding hydrogens is 252 g/mol. The zero-order chi connectivity index (χ0) is 14.1. The van der Waals surface area contributed by atoms with Crippen LogP contribution < -0.4 is 11.3 Å². The molecule has 0 amide bonds. The molecule has 0 saturated carbocycles. The summed E-state index contributed by atoms with van der Waals surface area (Å²) in [6, 6.07) is 12.6. The summed E-state index contributed by atoms with van der Waals surface area (Å²) in [5, 5.41) is 2.32. The lowest BCUT2D eigenvalue weighted by molar-refractivity contribution is 0.491. The highest BCUT2D eigenvalue weighted by Crippen LogP contribution is 2.22. The largest absolute Gasteiger partial charge is 0.386 e. The Bertz CT molecular complexity index is 936. The van der Waals surface area contributed by atoms with E-state index in [2.05, 4.69) is 6.58 Å². The molecule has 98 valence electrons. The minimum absolute atomic E-state index is 0.412. The fraction of sp³-hybridized carbons (Fsp3) is 0.0588. The lowest BCUT2D eigenvalue weighted by Gasteiger charge is -2.01. The fourth-order valence-electron chi connectivity index (χ4n) is 2.48. The highest BCUT2D eigenvalue weighted by atomic mass is 16.4. The van der Waals surface area contributed by atoms with E-state index < -0.39 is 11.3 Å². The number of allylic oxidation sites excluding steroid dienone is 1. The van der Waals surface area contributed by atoms with Crippen LogP contribution in [0.2, 0.25) is 0 Å². The summed E-state index contributed by atoms with van der Waals surface area (Å²) in [5.41, 5.74) is -0.392. The van der Waals surface area contributed by atoms with Crippen molar-refractivity contribution >= 4 is 21.5 Å². The topological polar surface area (TPSA) is 47.3 Å². The summed E-state index contributed by atoms with van der Waals surface area (Å²) in [5.74, 6) is 0. The Hall–Kier alpha value is -2.68. The van der Waals surface area contributed by atoms with Crippen molar-refractivity contribution in [3.63, 3.8) is 0 Å². The lowest BCUT2D eigenvalue weighted by Crippen LogP contribution is -2.06. The van der Waals surface area contributed by atoms with E-state index in [0.717, 1.165) is 16.3 Å². The summed E-state index contributed by atoms with van der Waals surface area (Å²) in [7, 11) is 0. The molecule has 3 nitrogen and oxygen atoms in total. The van der Waals surface area contributed by atoms with Crippen LogP contribution in [-0.2, 0) is 6.42 Å². The van der Waals surface area contributed by atoms with E-state index in [-0.39, 0.29) is 0 Å². The van der Waals surface area contributed by atoms with Gasteiger partial charge in [0, 0.05) is 0 Å². The van der Waals surface area contributed by atoms with Crippen molar-refractivity contribution < 1.29 is 4.42 Å². The van der Waals surface area contributed by atoms with Crippen LogP contribution in [0.3, 0.4) is 0 Å². The van der Waals surface area contributed by atoms with Gasteiger partial charge < -0.3 is 4.42 Å². The Morgan fingerprint density at radius 2 is 1.60 bits per heavy atom. The molecule has 0 bridgehead atoms. The third-order valence-corrected chi connectivity index (χ3v) is 3.34. The van der Waals surface area contributed by atoms with E-state index in [1.54, 1.807) is 18.2 Å². The third kappa shape index (κ3) is 1.84. The van der Waals surface area contributed by atoms with Gasteiger partial charge in [0.25, 0.3) is 0 Å². The van der Waals surface area contributed by atoms with Crippen LogP contribution in [0.5, 0.6) is 0 Å². The molecule has 2 aromatic carbocycles. The van der Waals surface area contributed by atoms with Gasteiger partial charge in [0.1, 0.15) is 0 Å². The highest BCUT2D eigenvalue weighted by molar-refractivity contribution is 6.05. The minimum atomic E-state index is -0.605. The number of hydrogen-bond donors (Lipinski definition) is 0. The number of fused-ring (bicyclic) bond motifs is 3. The molecule has 0 fully saturated rings. The van der Waals surface area contributed by atoms with Gasteiger partial charge in [0.15, 0.2) is 0 Å². The number of hydrogen-bond acceptors (Lipinski definition) is 3. The van der Waals surface area contributed by atoms with Gasteiger partial charge in [0.05, 0.1) is 10.8 Å². The summed E-state index contributed by atoms with van der Waals surface area (Å²) in [6.07, 6.45) is 2.27. The van der Waals surface area contributed by atoms with Gasteiger partial charge in [-0.15, -0.1) is 6.58 Å². The SMILES string of the molecule is C=CCc1cccc2c1c(=O)oc(=O)c1ccccc12. The predicted octanol–water partition coefficient (Wildman–Crippen LogP) is 3.03. The van der Waals surface area contributed by atoms with Gasteiger partial charge in [0.2, 0.25) is 0 Å². The van der Waals surface area contributed by atoms with Crippen molar-refractivity contribution in [1.82, 2.24) is 0 Å². The zero-order valence-electron chi connectivity index (χ0n) is 10.8. The number of rotatable bonds is 2. The van der Waals surface area contributed by atoms with Crippen molar-refractivity contribution in [2.24, 2.45) is 0 Å². The average molecular weight is 264 g/mol. The number of benzene rings is 2. The van der Waals surface area contributed by atoms with Crippen LogP contribution in [0, 0.1) is 0 Å². The van der Waals surface area contributed by atoms with Crippen LogP contribution in [0.25, 0.3) is 21.5 Å². The first-order valence-electron chi connectivity index (χ1n) is 6.31. The molecule has 0 N–H and O–H groups in total. The van der Waals surface area contributed by atoms with E-state index in [9.17, 15) is 9.59 Å². The molecule has 20 heavy (non-hydrogen) atoms. The van der Waals surface area contributed by atoms with Gasteiger partial charge in [-0.3, -0.25) is 0 Å². The second-order valence-electron chi connectivity index (χ2n) is 4.56. The van der Waals surface area contributed by atoms with Gasteiger partial charge >= 0.3 is 11.3 Å². The molecule has 3 rings (SSSR count). The molecule has 1 heterocycles. The monoisotopic (exact) mass is 264 g/mol. The molecule has 0 aliphatic carbocycles. The van der Waals surface area contributed by atoms with Crippen LogP contribution in [-0.4, -0.2) is 0 Å². The van der Waals surface area contributed by atoms with Gasteiger partial charge in [-0.2, -0.15) is 0 Å². The zero-order valence-corrected chi connectivity index (χ0v) is 10.8. The Labute approximate surface area is 114 Å². The Morgan fingerprint density at radius 1 is 0.900 bits per heavy atom. The van der Waals surface area contributed by atoms with Crippen LogP contribution in [0.15, 0.2) is 69.1 Å². The maximum absolute atomic E-state index is 12.2. The van der Waals surface area contributed by atoms with Crippen LogP contribution in [0.1, 0.15) is 5.56 Å². The molecule has 0 unspecified atom stereocenters. The Kier molecular flexibility index (Phi) is 2.95. The van der Waals surface area contributed by atoms with Gasteiger partial charge in [-0.25, -0.2) is 9.59 Å². The van der Waals surface area contributed by atoms with Gasteiger partial charge in [-0.1, -0.05) is 42.5 Å². The normalized spacial score (nSPS) is 10.8. The van der Waals surface area contributed by atoms with E-state index in [0.29, 0.717) is 17.2 Å². The van der Waals surface area contributed by atoms with Crippen molar-refractivity contribution in [3.8, 4) is 0 Å². The molecule has 0 atom stereocenters. The average Bonchev–Trinajstić information content (AvgIpc) is 2.57. The summed E-state index contributed by atoms with van der Waals surface area (Å²) in [4.78, 5) is 24.2. The summed E-state index contributed by atoms with van der Waals surface area (Å²) in [6.45, 7) is 3.69. The first-order valence-corrected chi connectivity index (χ1v) is 6.31. The van der Waals surface area contributed by atoms with Crippen molar-refractivity contribution in [2.45, 2.75) is 6.42 Å². The molecule has 3 heteroatoms. The molecule has 3 aromatic rings. The predicted molar refractivity (Wildman–Crippen MR) is 80.2 cm³/mol. The van der Waals surface area contributed by atoms with Crippen molar-refractivity contribution in [3.05, 3.63) is 81.5 Å². The Morgan fingerprint density at radius 3 is 2.35 bits per heavy atom. The van der Waals surface area contributed by atoms with Gasteiger partial charge in [-0.05, 0) is 28.8 Å². The summed E-state index contributed by atoms with van der Waals surface area (Å²) < 4.78 is 4.94.